The number of carbonyl (C=O) groups excluding carboxylic acids is 6. The van der Waals surface area contributed by atoms with E-state index >= 15 is 0 Å². The molecule has 0 fully saturated rings. The van der Waals surface area contributed by atoms with Crippen LogP contribution < -0.4 is 38.9 Å². The second-order valence-electron chi connectivity index (χ2n) is 30.4. The number of nitrogens with zero attached hydrogens (tertiary/aromatic N) is 18. The molecular formula is C86H82Br12N18O12S4. The second-order valence-corrected chi connectivity index (χ2v) is 47.0. The summed E-state index contributed by atoms with van der Waals surface area (Å²) in [4.78, 5) is 89.1. The van der Waals surface area contributed by atoms with Crippen LogP contribution in [0.15, 0.2) is 171 Å². The predicted molar refractivity (Wildman–Crippen MR) is 555 cm³/mol. The zero-order valence-electron chi connectivity index (χ0n) is 76.4. The first-order valence-electron chi connectivity index (χ1n) is 41.6. The zero-order chi connectivity index (χ0) is 99.8. The number of hydrogen-bond acceptors (Lipinski definition) is 20. The summed E-state index contributed by atoms with van der Waals surface area (Å²) < 4.78 is 111. The van der Waals surface area contributed by atoms with E-state index in [0.717, 1.165) is 122 Å². The van der Waals surface area contributed by atoms with Gasteiger partial charge in [0.25, 0.3) is 35.4 Å². The van der Waals surface area contributed by atoms with Crippen molar-refractivity contribution in [3.05, 3.63) is 229 Å². The van der Waals surface area contributed by atoms with Crippen LogP contribution in [0.2, 0.25) is 0 Å². The number of thioether (sulfide) groups is 2. The van der Waals surface area contributed by atoms with Crippen LogP contribution in [0.5, 0.6) is 11.6 Å². The van der Waals surface area contributed by atoms with Crippen molar-refractivity contribution < 1.29 is 60.6 Å². The van der Waals surface area contributed by atoms with Crippen LogP contribution in [0.3, 0.4) is 0 Å². The van der Waals surface area contributed by atoms with Crippen LogP contribution in [0, 0.1) is 55.4 Å². The molecule has 0 N–H and O–H groups in total. The fourth-order valence-corrected chi connectivity index (χ4v) is 26.6. The number of fused-ring (bicyclic) bond motifs is 6. The highest BCUT2D eigenvalue weighted by atomic mass is 79.9. The van der Waals surface area contributed by atoms with Gasteiger partial charge < -0.3 is 9.47 Å². The van der Waals surface area contributed by atoms with Gasteiger partial charge in [-0.25, -0.2) is 26.2 Å². The minimum absolute atomic E-state index is 0.00113. The first-order chi connectivity index (χ1) is 63.7. The molecule has 0 saturated carbocycles. The number of aryl methyl sites for hydroxylation is 8. The molecule has 12 aromatic rings. The molecule has 0 atom stereocenters. The molecule has 0 radical (unpaired) electrons. The Bertz CT molecular complexity index is 7020. The summed E-state index contributed by atoms with van der Waals surface area (Å²) in [7, 11) is 3.55. The standard InChI is InChI=1S/C15H15Br2N3O3S.C15H15Br2N3OS.C14H13Br2N3O3S.2C14H13Br2N3O2.C14H13Br2N3OS/c1-8-11(16)6-10(7-12(8)17)15(21)20-4-5-24(22,23)13-9(2)18-19(3)14(13)20;1-8-11(16)6-10(7-12(8)17)15(21)20-4-5-22-13-9(2)18-19(3)14(13)20;1-8-10(15)5-9(6-11(8)16)14(20)19-3-4-23(21,22)12-7-17-18(2)13(12)19;1-8-10(15)5-9(6-11(8)16)14(20)19-3-4-21-12-7-17-18(2)13(12)19;1-8-10(15)5-9(6-11(8)16)13(20)19-3-4-21-14-12(19)7-17-18(14)2;1-8-10(15)5-9(6-11(8)16)14(20)19-3-4-21-12-7-17-18(2)13(12)19/h6-7H,4-5H2,1-3H3;6-7H,4-5H2,1-3H3;5-7H,3-4H2,1-2H3;3*5-7H,3-4H2,1-2H3/i;;;3D2,4D2;;. The van der Waals surface area contributed by atoms with Crippen molar-refractivity contribution in [2.24, 2.45) is 42.3 Å². The molecule has 6 aromatic heterocycles. The van der Waals surface area contributed by atoms with Crippen molar-refractivity contribution in [2.45, 2.75) is 75.0 Å². The van der Waals surface area contributed by atoms with Gasteiger partial charge in [-0.1, -0.05) is 191 Å². The quantitative estimate of drug-likeness (QED) is 0.149. The van der Waals surface area contributed by atoms with E-state index in [0.29, 0.717) is 91.9 Å². The Labute approximate surface area is 877 Å². The molecule has 0 aliphatic carbocycles. The normalized spacial score (nSPS) is 16.0. The maximum atomic E-state index is 13.1. The number of hydrogen-bond donors (Lipinski definition) is 0. The van der Waals surface area contributed by atoms with Gasteiger partial charge in [0, 0.05) is 167 Å². The van der Waals surface area contributed by atoms with E-state index in [2.05, 4.69) is 222 Å². The largest absolute Gasteiger partial charge is 0.486 e. The van der Waals surface area contributed by atoms with Gasteiger partial charge in [0.1, 0.15) is 40.3 Å². The van der Waals surface area contributed by atoms with E-state index in [1.807, 2.05) is 115 Å². The molecular weight excluding hydrogens is 2560 g/mol. The zero-order valence-corrected chi connectivity index (χ0v) is 94.7. The van der Waals surface area contributed by atoms with Crippen LogP contribution in [0.4, 0.5) is 34.8 Å². The Balaban J connectivity index is 0.000000138. The number of sulfone groups is 2. The van der Waals surface area contributed by atoms with Crippen LogP contribution in [0.25, 0.3) is 0 Å². The summed E-state index contributed by atoms with van der Waals surface area (Å²) >= 11 is 45.0. The van der Waals surface area contributed by atoms with Crippen molar-refractivity contribution in [1.82, 2.24) is 58.7 Å². The molecule has 132 heavy (non-hydrogen) atoms. The third-order valence-electron chi connectivity index (χ3n) is 21.7. The van der Waals surface area contributed by atoms with Crippen LogP contribution in [0.1, 0.15) is 112 Å². The number of benzene rings is 6. The highest BCUT2D eigenvalue weighted by molar-refractivity contribution is 9.12. The molecule has 6 aliphatic rings. The topological polar surface area (TPSA) is 316 Å². The van der Waals surface area contributed by atoms with E-state index in [1.54, 1.807) is 113 Å². The minimum Gasteiger partial charge on any atom is -0.486 e. The Morgan fingerprint density at radius 2 is 0.697 bits per heavy atom. The molecule has 696 valence electrons. The van der Waals surface area contributed by atoms with Crippen molar-refractivity contribution in [2.75, 3.05) is 105 Å². The van der Waals surface area contributed by atoms with E-state index in [1.165, 1.54) is 43.3 Å². The molecule has 12 heterocycles. The van der Waals surface area contributed by atoms with E-state index in [9.17, 15) is 45.6 Å². The smallest absolute Gasteiger partial charge is 0.259 e. The molecule has 0 saturated heterocycles. The number of carbonyl (C=O) groups is 6. The lowest BCUT2D eigenvalue weighted by Crippen LogP contribution is -2.40. The fraction of sp³-hybridized carbons (Fsp3) is 0.302. The third-order valence-corrected chi connectivity index (χ3v) is 37.2. The Morgan fingerprint density at radius 1 is 0.356 bits per heavy atom. The van der Waals surface area contributed by atoms with Gasteiger partial charge in [0.2, 0.25) is 5.88 Å². The number of ether oxygens (including phenoxy) is 2. The first kappa shape index (κ1) is 97.0. The number of anilines is 6. The lowest BCUT2D eigenvalue weighted by atomic mass is 10.1. The van der Waals surface area contributed by atoms with E-state index in [-0.39, 0.29) is 81.1 Å². The van der Waals surface area contributed by atoms with Gasteiger partial charge in [-0.15, -0.1) is 23.5 Å². The molecule has 6 amide bonds. The Hall–Kier alpha value is -6.64. The monoisotopic (exact) mass is 2640 g/mol. The Morgan fingerprint density at radius 3 is 1.14 bits per heavy atom. The lowest BCUT2D eigenvalue weighted by Gasteiger charge is -2.28. The van der Waals surface area contributed by atoms with Crippen LogP contribution >= 0.6 is 215 Å². The van der Waals surface area contributed by atoms with Crippen molar-refractivity contribution in [1.29, 1.82) is 0 Å². The maximum absolute atomic E-state index is 13.1. The van der Waals surface area contributed by atoms with Gasteiger partial charge in [-0.3, -0.25) is 76.9 Å². The van der Waals surface area contributed by atoms with Crippen molar-refractivity contribution in [3.63, 3.8) is 0 Å². The summed E-state index contributed by atoms with van der Waals surface area (Å²) in [5, 5.41) is 25.0. The van der Waals surface area contributed by atoms with Gasteiger partial charge in [0.15, 0.2) is 42.9 Å². The lowest BCUT2D eigenvalue weighted by molar-refractivity contribution is 0.0967. The fourth-order valence-electron chi connectivity index (χ4n) is 14.4. The molecule has 0 spiro atoms. The number of rotatable bonds is 6. The van der Waals surface area contributed by atoms with Gasteiger partial charge in [0.05, 0.1) is 76.0 Å². The van der Waals surface area contributed by atoms with Gasteiger partial charge >= 0.3 is 0 Å². The summed E-state index contributed by atoms with van der Waals surface area (Å²) in [5.41, 5.74) is 11.3. The summed E-state index contributed by atoms with van der Waals surface area (Å²) in [6.07, 6.45) is 6.03. The number of amides is 6. The third kappa shape index (κ3) is 21.5. The Kier molecular flexibility index (Phi) is 31.1. The van der Waals surface area contributed by atoms with Crippen molar-refractivity contribution >= 4 is 305 Å². The van der Waals surface area contributed by atoms with E-state index < -0.39 is 38.6 Å². The van der Waals surface area contributed by atoms with Gasteiger partial charge in [-0.05, 0) is 162 Å². The predicted octanol–water partition coefficient (Wildman–Crippen LogP) is 20.6. The summed E-state index contributed by atoms with van der Waals surface area (Å²) in [6.45, 7) is 12.4. The minimum atomic E-state index is -3.42. The molecule has 30 nitrogen and oxygen atoms in total. The molecule has 18 rings (SSSR count). The highest BCUT2D eigenvalue weighted by Gasteiger charge is 2.41. The van der Waals surface area contributed by atoms with Gasteiger partial charge in [-0.2, -0.15) is 30.6 Å². The molecule has 6 aliphatic heterocycles. The first-order valence-corrected chi connectivity index (χ1v) is 54.3. The average Bonchev–Trinajstić information content (AvgIpc) is 1.53. The van der Waals surface area contributed by atoms with Crippen LogP contribution in [-0.2, 0) is 62.0 Å². The SMILES string of the molecule is Cc1c(Br)cc(C(=O)N2CCOc3c2cnn3C)cc1Br.Cc1c(Br)cc(C(=O)N2CCS(=O)(=O)c3cnn(C)c32)cc1Br.Cc1c(Br)cc(C(=O)N2CCSc3cnn(C)c32)cc1Br.Cc1nn(C)c2c1S(=O)(=O)CCN2C(=O)c1cc(Br)c(C)c(Br)c1.Cc1nn(C)c2c1SCCN2C(=O)c1cc(Br)c(C)c(Br)c1.[2H]C1([2H])Oc2cnn(C)c2N(C(=O)c2cc(Br)c(C)c(Br)c2)C1([2H])[2H]. The molecule has 46 heteroatoms. The second kappa shape index (κ2) is 42.4. The number of halogens is 12. The molecule has 6 aromatic carbocycles. The summed E-state index contributed by atoms with van der Waals surface area (Å²) in [5.74, 6) is 3.39. The average molecular weight is 2650 g/mol. The molecule has 0 bridgehead atoms. The highest BCUT2D eigenvalue weighted by Crippen LogP contribution is 2.44. The van der Waals surface area contributed by atoms with E-state index in [4.69, 9.17) is 15.0 Å². The van der Waals surface area contributed by atoms with Crippen LogP contribution in [-0.4, -0.2) is 186 Å². The molecule has 0 unspecified atom stereocenters. The number of aromatic nitrogens is 12. The summed E-state index contributed by atoms with van der Waals surface area (Å²) in [6, 6.07) is 21.3. The van der Waals surface area contributed by atoms with Crippen molar-refractivity contribution in [3.8, 4) is 11.6 Å². The maximum Gasteiger partial charge on any atom is 0.259 e.